The third kappa shape index (κ3) is 9.39. The Bertz CT molecular complexity index is 374. The third-order valence-corrected chi connectivity index (χ3v) is 3.46. The van der Waals surface area contributed by atoms with Crippen molar-refractivity contribution in [1.82, 2.24) is 0 Å². The lowest BCUT2D eigenvalue weighted by Gasteiger charge is -2.14. The van der Waals surface area contributed by atoms with E-state index in [-0.39, 0.29) is 18.6 Å². The van der Waals surface area contributed by atoms with Gasteiger partial charge in [-0.15, -0.1) is 0 Å². The predicted octanol–water partition coefficient (Wildman–Crippen LogP) is 3.54. The lowest BCUT2D eigenvalue weighted by Crippen LogP contribution is -2.18. The highest BCUT2D eigenvalue weighted by Gasteiger charge is 2.22. The molecule has 0 spiro atoms. The van der Waals surface area contributed by atoms with Gasteiger partial charge >= 0.3 is 11.9 Å². The summed E-state index contributed by atoms with van der Waals surface area (Å²) in [6.45, 7) is 6.53. The first-order chi connectivity index (χ1) is 11.1. The van der Waals surface area contributed by atoms with E-state index in [1.807, 2.05) is 20.8 Å². The van der Waals surface area contributed by atoms with E-state index >= 15 is 0 Å². The van der Waals surface area contributed by atoms with Crippen LogP contribution in [0.1, 0.15) is 72.1 Å². The van der Waals surface area contributed by atoms with Gasteiger partial charge in [-0.3, -0.25) is 0 Å². The molecule has 0 rings (SSSR count). The minimum Gasteiger partial charge on any atom is -0.462 e. The van der Waals surface area contributed by atoms with Crippen molar-refractivity contribution in [2.75, 3.05) is 19.8 Å². The van der Waals surface area contributed by atoms with Gasteiger partial charge in [0.25, 0.3) is 0 Å². The van der Waals surface area contributed by atoms with E-state index < -0.39 is 11.9 Å². The second-order valence-corrected chi connectivity index (χ2v) is 5.51. The summed E-state index contributed by atoms with van der Waals surface area (Å²) in [5.41, 5.74) is 0.622. The zero-order valence-corrected chi connectivity index (χ0v) is 14.9. The quantitative estimate of drug-likeness (QED) is 0.318. The van der Waals surface area contributed by atoms with Gasteiger partial charge in [0.2, 0.25) is 0 Å². The Morgan fingerprint density at radius 3 is 1.57 bits per heavy atom. The molecule has 0 amide bonds. The molecule has 0 atom stereocenters. The monoisotopic (exact) mass is 328 g/mol. The number of hydrogen-bond donors (Lipinski definition) is 1. The normalized spacial score (nSPS) is 11.8. The molecule has 0 aromatic heterocycles. The number of aliphatic hydroxyl groups excluding tert-OH is 1. The van der Waals surface area contributed by atoms with Crippen LogP contribution in [0.2, 0.25) is 0 Å². The Kier molecular flexibility index (Phi) is 13.4. The minimum atomic E-state index is -0.508. The van der Waals surface area contributed by atoms with E-state index in [1.54, 1.807) is 0 Å². The summed E-state index contributed by atoms with van der Waals surface area (Å²) < 4.78 is 10.5. The van der Waals surface area contributed by atoms with Crippen LogP contribution in [0, 0.1) is 0 Å². The summed E-state index contributed by atoms with van der Waals surface area (Å²) in [6, 6.07) is 0. The molecule has 0 aromatic rings. The highest BCUT2D eigenvalue weighted by molar-refractivity contribution is 6.00. The van der Waals surface area contributed by atoms with Gasteiger partial charge in [0.1, 0.15) is 0 Å². The maximum atomic E-state index is 12.3. The highest BCUT2D eigenvalue weighted by Crippen LogP contribution is 2.19. The van der Waals surface area contributed by atoms with Crippen molar-refractivity contribution in [3.05, 3.63) is 11.1 Å². The Labute approximate surface area is 140 Å². The average Bonchev–Trinajstić information content (AvgIpc) is 2.54. The Balaban J connectivity index is 5.16. The zero-order chi connectivity index (χ0) is 17.5. The van der Waals surface area contributed by atoms with Crippen LogP contribution in [-0.4, -0.2) is 36.9 Å². The van der Waals surface area contributed by atoms with E-state index in [0.29, 0.717) is 25.2 Å². The number of carbonyl (C=O) groups excluding carboxylic acids is 2. The first-order valence-corrected chi connectivity index (χ1v) is 8.79. The molecule has 0 heterocycles. The molecule has 134 valence electrons. The molecule has 0 unspecified atom stereocenters. The number of ether oxygens (including phenoxy) is 2. The summed E-state index contributed by atoms with van der Waals surface area (Å²) >= 11 is 0. The lowest BCUT2D eigenvalue weighted by molar-refractivity contribution is -0.142. The molecule has 5 heteroatoms. The topological polar surface area (TPSA) is 72.8 Å². The molecule has 1 N–H and O–H groups in total. The Morgan fingerprint density at radius 2 is 1.17 bits per heavy atom. The van der Waals surface area contributed by atoms with Crippen LogP contribution in [0.4, 0.5) is 0 Å². The number of carbonyl (C=O) groups is 2. The van der Waals surface area contributed by atoms with E-state index in [9.17, 15) is 14.7 Å². The van der Waals surface area contributed by atoms with Gasteiger partial charge in [-0.1, -0.05) is 40.0 Å². The summed E-state index contributed by atoms with van der Waals surface area (Å²) in [4.78, 5) is 24.6. The highest BCUT2D eigenvalue weighted by atomic mass is 16.5. The Morgan fingerprint density at radius 1 is 0.739 bits per heavy atom. The smallest absolute Gasteiger partial charge is 0.334 e. The molecule has 0 aliphatic rings. The number of unbranched alkanes of at least 4 members (excludes halogenated alkanes) is 3. The largest absolute Gasteiger partial charge is 0.462 e. The van der Waals surface area contributed by atoms with E-state index in [4.69, 9.17) is 9.47 Å². The summed E-state index contributed by atoms with van der Waals surface area (Å²) in [7, 11) is 0. The van der Waals surface area contributed by atoms with Crippen LogP contribution in [0.3, 0.4) is 0 Å². The van der Waals surface area contributed by atoms with Gasteiger partial charge < -0.3 is 14.6 Å². The fourth-order valence-electron chi connectivity index (χ4n) is 2.01. The SMILES string of the molecule is CCCCOC(=O)/C(CCO)=C(\CCCC)C(=O)OCCCC. The predicted molar refractivity (Wildman–Crippen MR) is 90.0 cm³/mol. The molecule has 0 saturated heterocycles. The second-order valence-electron chi connectivity index (χ2n) is 5.51. The fourth-order valence-corrected chi connectivity index (χ4v) is 2.01. The number of aliphatic hydroxyl groups is 1. The maximum Gasteiger partial charge on any atom is 0.334 e. The van der Waals surface area contributed by atoms with Crippen molar-refractivity contribution in [1.29, 1.82) is 0 Å². The van der Waals surface area contributed by atoms with Crippen LogP contribution >= 0.6 is 0 Å². The standard InChI is InChI=1S/C18H32O5/c1-4-7-10-15(17(20)22-13-8-5-2)16(11-12-19)18(21)23-14-9-6-3/h19H,4-14H2,1-3H3/b16-15+. The van der Waals surface area contributed by atoms with Crippen molar-refractivity contribution in [3.8, 4) is 0 Å². The van der Waals surface area contributed by atoms with Crippen molar-refractivity contribution in [3.63, 3.8) is 0 Å². The second kappa shape index (κ2) is 14.2. The van der Waals surface area contributed by atoms with Crippen LogP contribution in [0.25, 0.3) is 0 Å². The molecule has 0 aliphatic heterocycles. The molecule has 0 aliphatic carbocycles. The fraction of sp³-hybridized carbons (Fsp3) is 0.778. The molecule has 5 nitrogen and oxygen atoms in total. The third-order valence-electron chi connectivity index (χ3n) is 3.46. The van der Waals surface area contributed by atoms with Gasteiger partial charge in [-0.25, -0.2) is 9.59 Å². The molecule has 0 aromatic carbocycles. The molecule has 23 heavy (non-hydrogen) atoms. The number of hydrogen-bond acceptors (Lipinski definition) is 5. The molecular weight excluding hydrogens is 296 g/mol. The molecular formula is C18H32O5. The number of esters is 2. The summed E-state index contributed by atoms with van der Waals surface area (Å²) in [5.74, 6) is -0.964. The van der Waals surface area contributed by atoms with Gasteiger partial charge in [0.15, 0.2) is 0 Å². The van der Waals surface area contributed by atoms with Gasteiger partial charge in [-0.2, -0.15) is 0 Å². The zero-order valence-electron chi connectivity index (χ0n) is 14.9. The van der Waals surface area contributed by atoms with Crippen LogP contribution in [0.5, 0.6) is 0 Å². The Hall–Kier alpha value is -1.36. The molecule has 0 bridgehead atoms. The summed E-state index contributed by atoms with van der Waals surface area (Å²) in [5, 5.41) is 9.23. The van der Waals surface area contributed by atoms with Crippen molar-refractivity contribution in [2.24, 2.45) is 0 Å². The van der Waals surface area contributed by atoms with Gasteiger partial charge in [-0.05, 0) is 25.7 Å². The van der Waals surface area contributed by atoms with E-state index in [1.165, 1.54) is 0 Å². The van der Waals surface area contributed by atoms with Crippen LogP contribution in [-0.2, 0) is 19.1 Å². The van der Waals surface area contributed by atoms with Gasteiger partial charge in [0.05, 0.1) is 13.2 Å². The lowest BCUT2D eigenvalue weighted by atomic mass is 10.00. The van der Waals surface area contributed by atoms with Crippen molar-refractivity contribution < 1.29 is 24.2 Å². The van der Waals surface area contributed by atoms with Crippen LogP contribution in [0.15, 0.2) is 11.1 Å². The van der Waals surface area contributed by atoms with E-state index in [2.05, 4.69) is 0 Å². The molecule has 0 radical (unpaired) electrons. The van der Waals surface area contributed by atoms with Crippen LogP contribution < -0.4 is 0 Å². The first-order valence-electron chi connectivity index (χ1n) is 8.79. The number of rotatable bonds is 13. The maximum absolute atomic E-state index is 12.3. The van der Waals surface area contributed by atoms with Crippen molar-refractivity contribution >= 4 is 11.9 Å². The minimum absolute atomic E-state index is 0.118. The van der Waals surface area contributed by atoms with Crippen molar-refractivity contribution in [2.45, 2.75) is 72.1 Å². The first kappa shape index (κ1) is 21.6. The molecule has 0 saturated carbocycles. The average molecular weight is 328 g/mol. The van der Waals surface area contributed by atoms with Gasteiger partial charge in [0, 0.05) is 24.2 Å². The van der Waals surface area contributed by atoms with E-state index in [0.717, 1.165) is 38.5 Å². The molecule has 0 fully saturated rings. The summed E-state index contributed by atoms with van der Waals surface area (Å²) in [6.07, 6.45) is 5.72.